The largest absolute Gasteiger partial charge is 0.456 e. The summed E-state index contributed by atoms with van der Waals surface area (Å²) in [7, 11) is 0. The van der Waals surface area contributed by atoms with Crippen molar-refractivity contribution in [1.29, 1.82) is 0 Å². The molecule has 0 spiro atoms. The fraction of sp³-hybridized carbons (Fsp3) is 0.222. The Bertz CT molecular complexity index is 3120. The quantitative estimate of drug-likeness (QED) is 0.161. The van der Waals surface area contributed by atoms with Gasteiger partial charge in [-0.25, -0.2) is 0 Å². The molecule has 0 fully saturated rings. The molecule has 2 aromatic heterocycles. The molecule has 0 unspecified atom stereocenters. The highest BCUT2D eigenvalue weighted by Crippen LogP contribution is 2.52. The predicted octanol–water partition coefficient (Wildman–Crippen LogP) is 12.9. The van der Waals surface area contributed by atoms with Gasteiger partial charge in [-0.2, -0.15) is 0 Å². The second kappa shape index (κ2) is 12.1. The van der Waals surface area contributed by atoms with E-state index in [2.05, 4.69) is 187 Å². The molecular formula is C54H48BNO. The monoisotopic (exact) mass is 737 g/mol. The van der Waals surface area contributed by atoms with E-state index in [0.29, 0.717) is 17.8 Å². The zero-order valence-corrected chi connectivity index (χ0v) is 34.3. The van der Waals surface area contributed by atoms with Crippen LogP contribution in [-0.4, -0.2) is 11.3 Å². The van der Waals surface area contributed by atoms with Gasteiger partial charge in [-0.1, -0.05) is 163 Å². The van der Waals surface area contributed by atoms with E-state index in [1.54, 1.807) is 0 Å². The first-order chi connectivity index (χ1) is 27.5. The Morgan fingerprint density at radius 3 is 1.96 bits per heavy atom. The van der Waals surface area contributed by atoms with Crippen LogP contribution in [0, 0.1) is 0 Å². The first kappa shape index (κ1) is 34.5. The first-order valence-corrected chi connectivity index (χ1v) is 21.0. The minimum absolute atomic E-state index is 0.139. The van der Waals surface area contributed by atoms with Crippen molar-refractivity contribution in [3.63, 3.8) is 0 Å². The van der Waals surface area contributed by atoms with E-state index in [9.17, 15) is 0 Å². The fourth-order valence-electron chi connectivity index (χ4n) is 10.9. The molecule has 3 heterocycles. The van der Waals surface area contributed by atoms with Gasteiger partial charge in [-0.3, -0.25) is 0 Å². The second-order valence-corrected chi connectivity index (χ2v) is 18.2. The molecule has 57 heavy (non-hydrogen) atoms. The normalized spacial score (nSPS) is 14.2. The van der Waals surface area contributed by atoms with Gasteiger partial charge in [0.25, 0.3) is 0 Å². The molecule has 3 heteroatoms. The van der Waals surface area contributed by atoms with Crippen molar-refractivity contribution in [2.24, 2.45) is 0 Å². The van der Waals surface area contributed by atoms with E-state index < -0.39 is 0 Å². The van der Waals surface area contributed by atoms with Crippen molar-refractivity contribution in [2.75, 3.05) is 0 Å². The van der Waals surface area contributed by atoms with Gasteiger partial charge in [0.2, 0.25) is 6.71 Å². The molecule has 278 valence electrons. The molecule has 0 saturated carbocycles. The molecule has 9 aromatic rings. The van der Waals surface area contributed by atoms with E-state index in [-0.39, 0.29) is 12.1 Å². The van der Waals surface area contributed by atoms with Crippen molar-refractivity contribution in [2.45, 2.75) is 78.6 Å². The molecule has 2 aliphatic rings. The number of rotatable bonds is 5. The number of hydrogen-bond donors (Lipinski definition) is 0. The highest BCUT2D eigenvalue weighted by molar-refractivity contribution is 6.99. The van der Waals surface area contributed by atoms with Gasteiger partial charge >= 0.3 is 0 Å². The molecule has 2 nitrogen and oxygen atoms in total. The molecule has 0 atom stereocenters. The Kier molecular flexibility index (Phi) is 7.32. The van der Waals surface area contributed by atoms with E-state index in [1.165, 1.54) is 94.0 Å². The van der Waals surface area contributed by atoms with Crippen LogP contribution in [0.3, 0.4) is 0 Å². The van der Waals surface area contributed by atoms with Crippen LogP contribution in [-0.2, 0) is 5.41 Å². The summed E-state index contributed by atoms with van der Waals surface area (Å²) in [6.07, 6.45) is 0. The van der Waals surface area contributed by atoms with Crippen molar-refractivity contribution < 1.29 is 4.42 Å². The molecule has 11 rings (SSSR count). The van der Waals surface area contributed by atoms with E-state index in [1.807, 2.05) is 0 Å². The number of aromatic nitrogens is 1. The fourth-order valence-corrected chi connectivity index (χ4v) is 10.9. The number of fused-ring (bicyclic) bond motifs is 13. The molecular weight excluding hydrogens is 689 g/mol. The number of furan rings is 1. The van der Waals surface area contributed by atoms with E-state index in [4.69, 9.17) is 4.42 Å². The van der Waals surface area contributed by atoms with Crippen molar-refractivity contribution >= 4 is 66.8 Å². The smallest absolute Gasteiger partial charge is 0.243 e. The van der Waals surface area contributed by atoms with Crippen LogP contribution in [0.15, 0.2) is 132 Å². The van der Waals surface area contributed by atoms with Crippen LogP contribution in [0.2, 0.25) is 0 Å². The lowest BCUT2D eigenvalue weighted by Gasteiger charge is -2.27. The van der Waals surface area contributed by atoms with Crippen LogP contribution in [0.1, 0.15) is 101 Å². The predicted molar refractivity (Wildman–Crippen MR) is 244 cm³/mol. The number of benzene rings is 7. The average molecular weight is 738 g/mol. The van der Waals surface area contributed by atoms with Gasteiger partial charge in [0.1, 0.15) is 11.2 Å². The third kappa shape index (κ3) is 4.72. The Hall–Kier alpha value is -5.80. The van der Waals surface area contributed by atoms with Crippen LogP contribution in [0.4, 0.5) is 0 Å². The summed E-state index contributed by atoms with van der Waals surface area (Å²) >= 11 is 0. The van der Waals surface area contributed by atoms with Crippen LogP contribution >= 0.6 is 0 Å². The molecule has 0 bridgehead atoms. The lowest BCUT2D eigenvalue weighted by atomic mass is 9.36. The summed E-state index contributed by atoms with van der Waals surface area (Å²) in [5.41, 5.74) is 22.5. The van der Waals surface area contributed by atoms with Crippen LogP contribution in [0.5, 0.6) is 0 Å². The number of nitrogens with zero attached hydrogens (tertiary/aromatic N) is 1. The van der Waals surface area contributed by atoms with Crippen LogP contribution in [0.25, 0.3) is 71.7 Å². The topological polar surface area (TPSA) is 18.1 Å². The first-order valence-electron chi connectivity index (χ1n) is 21.0. The van der Waals surface area contributed by atoms with Gasteiger partial charge in [0.15, 0.2) is 0 Å². The van der Waals surface area contributed by atoms with Crippen molar-refractivity contribution in [3.05, 3.63) is 155 Å². The Morgan fingerprint density at radius 2 is 1.21 bits per heavy atom. The number of hydrogen-bond acceptors (Lipinski definition) is 1. The second-order valence-electron chi connectivity index (χ2n) is 18.2. The Labute approximate surface area is 336 Å². The summed E-state index contributed by atoms with van der Waals surface area (Å²) in [6, 6.07) is 48.4. The lowest BCUT2D eigenvalue weighted by Crippen LogP contribution is -2.52. The summed E-state index contributed by atoms with van der Waals surface area (Å²) in [5.74, 6) is 1.26. The molecule has 0 saturated heterocycles. The third-order valence-corrected chi connectivity index (χ3v) is 13.6. The minimum atomic E-state index is -0.149. The van der Waals surface area contributed by atoms with E-state index in [0.717, 1.165) is 21.9 Å². The molecule has 1 aliphatic heterocycles. The molecule has 0 N–H and O–H groups in total. The minimum Gasteiger partial charge on any atom is -0.456 e. The van der Waals surface area contributed by atoms with Gasteiger partial charge in [-0.05, 0) is 104 Å². The molecule has 1 aliphatic carbocycles. The molecule has 0 amide bonds. The standard InChI is InChI=1S/C54H48BNO/c1-30(2)33-25-39(31(3)4)53(40(26-33)32(5)6)55-45-23-21-34(27-43(45)51-46(55)24-22-38-35-15-9-12-18-44(35)54(7,8)52(38)51)56-47-19-13-10-16-36(47)41-29-50-42(28-48(41)56)37-17-11-14-20-49(37)57-50/h9-32H,1-8H3. The summed E-state index contributed by atoms with van der Waals surface area (Å²) in [5, 5.41) is 4.75. The highest BCUT2D eigenvalue weighted by Gasteiger charge is 2.45. The van der Waals surface area contributed by atoms with E-state index >= 15 is 0 Å². The molecule has 0 radical (unpaired) electrons. The Morgan fingerprint density at radius 1 is 0.526 bits per heavy atom. The van der Waals surface area contributed by atoms with Gasteiger partial charge < -0.3 is 8.98 Å². The maximum Gasteiger partial charge on any atom is 0.243 e. The van der Waals surface area contributed by atoms with Gasteiger partial charge in [0.05, 0.1) is 11.0 Å². The lowest BCUT2D eigenvalue weighted by molar-refractivity contribution is 0.662. The third-order valence-electron chi connectivity index (χ3n) is 13.6. The molecule has 7 aromatic carbocycles. The summed E-state index contributed by atoms with van der Waals surface area (Å²) in [6.45, 7) is 19.2. The zero-order valence-electron chi connectivity index (χ0n) is 34.3. The summed E-state index contributed by atoms with van der Waals surface area (Å²) < 4.78 is 8.93. The highest BCUT2D eigenvalue weighted by atomic mass is 16.3. The Balaban J connectivity index is 1.24. The van der Waals surface area contributed by atoms with Crippen molar-refractivity contribution in [1.82, 2.24) is 4.57 Å². The maximum atomic E-state index is 6.43. The number of para-hydroxylation sites is 2. The summed E-state index contributed by atoms with van der Waals surface area (Å²) in [4.78, 5) is 0. The zero-order chi connectivity index (χ0) is 39.1. The SMILES string of the molecule is CC(C)c1cc(C(C)C)c(B2c3ccc(-n4c5ccccc5c5cc6oc7ccccc7c6cc54)cc3-c3c2ccc2c3C(C)(C)c3ccccc3-2)c(C(C)C)c1. The van der Waals surface area contributed by atoms with Gasteiger partial charge in [-0.15, -0.1) is 0 Å². The average Bonchev–Trinajstić information content (AvgIpc) is 3.91. The van der Waals surface area contributed by atoms with Crippen molar-refractivity contribution in [3.8, 4) is 27.9 Å². The van der Waals surface area contributed by atoms with Gasteiger partial charge in [0, 0.05) is 32.6 Å². The maximum absolute atomic E-state index is 6.43. The van der Waals surface area contributed by atoms with Crippen LogP contribution < -0.4 is 16.4 Å².